The first kappa shape index (κ1) is 14.3. The first-order chi connectivity index (χ1) is 8.97. The highest BCUT2D eigenvalue weighted by molar-refractivity contribution is 7.84. The number of hydrogen-bond acceptors (Lipinski definition) is 2. The zero-order chi connectivity index (χ0) is 14.0. The topological polar surface area (TPSA) is 43.1 Å². The van der Waals surface area contributed by atoms with E-state index in [9.17, 15) is 8.60 Å². The van der Waals surface area contributed by atoms with Gasteiger partial charge >= 0.3 is 0 Å². The van der Waals surface area contributed by atoms with Gasteiger partial charge < -0.3 is 5.73 Å². The monoisotopic (exact) mass is 317 g/mol. The minimum Gasteiger partial charge on any atom is -0.398 e. The quantitative estimate of drug-likeness (QED) is 0.869. The van der Waals surface area contributed by atoms with E-state index < -0.39 is 16.6 Å². The molecule has 2 rings (SSSR count). The zero-order valence-electron chi connectivity index (χ0n) is 9.70. The number of hydrogen-bond donors (Lipinski definition) is 1. The van der Waals surface area contributed by atoms with E-state index in [1.807, 2.05) is 0 Å². The summed E-state index contributed by atoms with van der Waals surface area (Å²) in [6.45, 7) is 0. The van der Waals surface area contributed by atoms with Gasteiger partial charge in [0.25, 0.3) is 0 Å². The molecule has 0 fully saturated rings. The van der Waals surface area contributed by atoms with Crippen molar-refractivity contribution < 1.29 is 8.60 Å². The second-order valence-corrected chi connectivity index (χ2v) is 6.20. The van der Waals surface area contributed by atoms with Crippen LogP contribution in [0, 0.1) is 5.82 Å². The van der Waals surface area contributed by atoms with E-state index in [0.29, 0.717) is 15.6 Å². The Hall–Kier alpha value is -1.10. The molecule has 0 saturated heterocycles. The van der Waals surface area contributed by atoms with E-state index in [4.69, 9.17) is 28.9 Å². The zero-order valence-corrected chi connectivity index (χ0v) is 12.0. The van der Waals surface area contributed by atoms with Gasteiger partial charge in [-0.05, 0) is 35.9 Å². The molecule has 0 aliphatic heterocycles. The number of anilines is 1. The molecule has 1 atom stereocenters. The number of benzene rings is 2. The molecular formula is C13H10Cl2FNOS. The summed E-state index contributed by atoms with van der Waals surface area (Å²) in [7, 11) is -1.34. The Labute approximate surface area is 122 Å². The summed E-state index contributed by atoms with van der Waals surface area (Å²) in [6, 6.07) is 9.01. The normalized spacial score (nSPS) is 12.4. The van der Waals surface area contributed by atoms with Crippen LogP contribution in [0.25, 0.3) is 0 Å². The van der Waals surface area contributed by atoms with Crippen molar-refractivity contribution in [1.29, 1.82) is 0 Å². The lowest BCUT2D eigenvalue weighted by atomic mass is 10.2. The fourth-order valence-corrected chi connectivity index (χ4v) is 3.15. The summed E-state index contributed by atoms with van der Waals surface area (Å²) in [5.74, 6) is -0.307. The third-order valence-electron chi connectivity index (χ3n) is 2.55. The molecule has 0 heterocycles. The number of halogens is 3. The maximum Gasteiger partial charge on any atom is 0.141 e. The summed E-state index contributed by atoms with van der Waals surface area (Å²) in [5.41, 5.74) is 7.00. The highest BCUT2D eigenvalue weighted by atomic mass is 35.5. The highest BCUT2D eigenvalue weighted by Crippen LogP contribution is 2.23. The van der Waals surface area contributed by atoms with Gasteiger partial charge in [-0.2, -0.15) is 0 Å². The summed E-state index contributed by atoms with van der Waals surface area (Å²) in [5, 5.41) is 0.479. The Balaban J connectivity index is 2.23. The summed E-state index contributed by atoms with van der Waals surface area (Å²) >= 11 is 11.5. The predicted octanol–water partition coefficient (Wildman–Crippen LogP) is 4.02. The van der Waals surface area contributed by atoms with Crippen molar-refractivity contribution >= 4 is 39.7 Å². The fourth-order valence-electron chi connectivity index (χ4n) is 1.54. The molecular weight excluding hydrogens is 308 g/mol. The Bertz CT molecular complexity index is 649. The van der Waals surface area contributed by atoms with Gasteiger partial charge in [0.1, 0.15) is 5.82 Å². The van der Waals surface area contributed by atoms with Crippen molar-refractivity contribution in [3.05, 3.63) is 57.8 Å². The molecule has 0 aliphatic carbocycles. The van der Waals surface area contributed by atoms with Crippen LogP contribution in [0.2, 0.25) is 10.0 Å². The lowest BCUT2D eigenvalue weighted by Gasteiger charge is -2.07. The van der Waals surface area contributed by atoms with Crippen LogP contribution in [-0.2, 0) is 16.6 Å². The third-order valence-corrected chi connectivity index (χ3v) is 4.43. The standard InChI is InChI=1S/C13H10Cl2FNOS/c14-9-2-1-8(13(17)5-9)7-19(18)10-3-4-12(16)11(15)6-10/h1-6H,7,17H2. The minimum absolute atomic E-state index is 0.0464. The van der Waals surface area contributed by atoms with Crippen LogP contribution < -0.4 is 5.73 Å². The van der Waals surface area contributed by atoms with Crippen molar-refractivity contribution in [2.75, 3.05) is 5.73 Å². The number of rotatable bonds is 3. The molecule has 100 valence electrons. The average Bonchev–Trinajstić information content (AvgIpc) is 2.36. The van der Waals surface area contributed by atoms with Crippen LogP contribution in [0.4, 0.5) is 10.1 Å². The summed E-state index contributed by atoms with van der Waals surface area (Å²) in [6.07, 6.45) is 0. The highest BCUT2D eigenvalue weighted by Gasteiger charge is 2.10. The molecule has 19 heavy (non-hydrogen) atoms. The first-order valence-electron chi connectivity index (χ1n) is 5.34. The van der Waals surface area contributed by atoms with Gasteiger partial charge in [-0.25, -0.2) is 4.39 Å². The Morgan fingerprint density at radius 3 is 2.53 bits per heavy atom. The molecule has 0 spiro atoms. The van der Waals surface area contributed by atoms with Crippen LogP contribution in [0.5, 0.6) is 0 Å². The Morgan fingerprint density at radius 1 is 1.16 bits per heavy atom. The van der Waals surface area contributed by atoms with Crippen LogP contribution in [0.15, 0.2) is 41.3 Å². The van der Waals surface area contributed by atoms with Crippen molar-refractivity contribution in [1.82, 2.24) is 0 Å². The molecule has 0 saturated carbocycles. The van der Waals surface area contributed by atoms with Gasteiger partial charge in [0.05, 0.1) is 21.6 Å². The molecule has 0 aromatic heterocycles. The van der Waals surface area contributed by atoms with E-state index in [2.05, 4.69) is 0 Å². The average molecular weight is 318 g/mol. The van der Waals surface area contributed by atoms with Gasteiger partial charge in [-0.15, -0.1) is 0 Å². The second-order valence-electron chi connectivity index (χ2n) is 3.91. The van der Waals surface area contributed by atoms with Crippen LogP contribution >= 0.6 is 23.2 Å². The van der Waals surface area contributed by atoms with Crippen LogP contribution in [-0.4, -0.2) is 4.21 Å². The third kappa shape index (κ3) is 3.47. The van der Waals surface area contributed by atoms with Crippen molar-refractivity contribution in [3.8, 4) is 0 Å². The van der Waals surface area contributed by atoms with Gasteiger partial charge in [0.2, 0.25) is 0 Å². The molecule has 6 heteroatoms. The van der Waals surface area contributed by atoms with Gasteiger partial charge in [-0.1, -0.05) is 29.3 Å². The molecule has 2 aromatic rings. The van der Waals surface area contributed by atoms with Gasteiger partial charge in [-0.3, -0.25) is 4.21 Å². The Morgan fingerprint density at radius 2 is 1.89 bits per heavy atom. The Kier molecular flexibility index (Phi) is 4.45. The van der Waals surface area contributed by atoms with Gasteiger partial charge in [0.15, 0.2) is 0 Å². The second kappa shape index (κ2) is 5.90. The minimum atomic E-state index is -1.34. The van der Waals surface area contributed by atoms with Crippen LogP contribution in [0.1, 0.15) is 5.56 Å². The maximum atomic E-state index is 13.0. The van der Waals surface area contributed by atoms with Crippen molar-refractivity contribution in [2.45, 2.75) is 10.6 Å². The molecule has 0 amide bonds. The lowest BCUT2D eigenvalue weighted by Crippen LogP contribution is -2.00. The van der Waals surface area contributed by atoms with Crippen LogP contribution in [0.3, 0.4) is 0 Å². The number of nitrogen functional groups attached to an aromatic ring is 1. The molecule has 2 aromatic carbocycles. The maximum absolute atomic E-state index is 13.0. The summed E-state index contributed by atoms with van der Waals surface area (Å²) in [4.78, 5) is 0.459. The molecule has 2 nitrogen and oxygen atoms in total. The van der Waals surface area contributed by atoms with Crippen molar-refractivity contribution in [3.63, 3.8) is 0 Å². The van der Waals surface area contributed by atoms with E-state index in [1.54, 1.807) is 18.2 Å². The predicted molar refractivity (Wildman–Crippen MR) is 77.4 cm³/mol. The fraction of sp³-hybridized carbons (Fsp3) is 0.0769. The molecule has 1 unspecified atom stereocenters. The first-order valence-corrected chi connectivity index (χ1v) is 7.42. The van der Waals surface area contributed by atoms with Crippen molar-refractivity contribution in [2.24, 2.45) is 0 Å². The molecule has 2 N–H and O–H groups in total. The largest absolute Gasteiger partial charge is 0.398 e. The van der Waals surface area contributed by atoms with E-state index in [0.717, 1.165) is 5.56 Å². The van der Waals surface area contributed by atoms with E-state index in [1.165, 1.54) is 18.2 Å². The molecule has 0 aliphatic rings. The number of nitrogens with two attached hydrogens (primary N) is 1. The van der Waals surface area contributed by atoms with Gasteiger partial charge in [0, 0.05) is 15.6 Å². The summed E-state index contributed by atoms with van der Waals surface area (Å²) < 4.78 is 25.2. The SMILES string of the molecule is Nc1cc(Cl)ccc1CS(=O)c1ccc(F)c(Cl)c1. The molecule has 0 bridgehead atoms. The van der Waals surface area contributed by atoms with E-state index >= 15 is 0 Å². The molecule has 0 radical (unpaired) electrons. The smallest absolute Gasteiger partial charge is 0.141 e. The lowest BCUT2D eigenvalue weighted by molar-refractivity contribution is 0.626. The van der Waals surface area contributed by atoms with E-state index in [-0.39, 0.29) is 10.8 Å².